The van der Waals surface area contributed by atoms with E-state index in [-0.39, 0.29) is 24.0 Å². The van der Waals surface area contributed by atoms with E-state index in [2.05, 4.69) is 0 Å². The predicted octanol–water partition coefficient (Wildman–Crippen LogP) is 2.90. The Balaban J connectivity index is 1.71. The third-order valence-electron chi connectivity index (χ3n) is 4.37. The highest BCUT2D eigenvalue weighted by Gasteiger charge is 2.55. The Kier molecular flexibility index (Phi) is 5.65. The smallest absolute Gasteiger partial charge is 0.423 e. The van der Waals surface area contributed by atoms with Crippen LogP contribution in [0.4, 0.5) is 18.9 Å². The zero-order valence-corrected chi connectivity index (χ0v) is 15.2. The monoisotopic (exact) mass is 424 g/mol. The molecule has 1 unspecified atom stereocenters. The second-order valence-electron chi connectivity index (χ2n) is 6.33. The van der Waals surface area contributed by atoms with Crippen LogP contribution in [-0.2, 0) is 10.4 Å². The van der Waals surface area contributed by atoms with Gasteiger partial charge in [0.2, 0.25) is 18.3 Å². The predicted molar refractivity (Wildman–Crippen MR) is 97.7 cm³/mol. The highest BCUT2D eigenvalue weighted by Crippen LogP contribution is 2.42. The molecule has 0 saturated carbocycles. The highest BCUT2D eigenvalue weighted by molar-refractivity contribution is 5.91. The molecular formula is C19H15F3N2O6. The Morgan fingerprint density at radius 3 is 2.47 bits per heavy atom. The number of hydrogen-bond acceptors (Lipinski definition) is 6. The van der Waals surface area contributed by atoms with E-state index >= 15 is 0 Å². The molecule has 0 aromatic heterocycles. The number of rotatable bonds is 6. The van der Waals surface area contributed by atoms with Crippen LogP contribution in [0.3, 0.4) is 0 Å². The Morgan fingerprint density at radius 2 is 1.83 bits per heavy atom. The number of nitro groups is 1. The van der Waals surface area contributed by atoms with Crippen LogP contribution < -0.4 is 14.8 Å². The largest absolute Gasteiger partial charge is 0.454 e. The molecule has 158 valence electrons. The topological polar surface area (TPSA) is 111 Å². The normalized spacial score (nSPS) is 15.1. The molecule has 8 nitrogen and oxygen atoms in total. The Labute approximate surface area is 167 Å². The summed E-state index contributed by atoms with van der Waals surface area (Å²) in [5, 5.41) is 23.0. The van der Waals surface area contributed by atoms with Crippen LogP contribution in [0.15, 0.2) is 48.5 Å². The number of alkyl halides is 3. The molecule has 11 heteroatoms. The van der Waals surface area contributed by atoms with Crippen molar-refractivity contribution in [3.8, 4) is 11.5 Å². The SMILES string of the molecule is O=C(/C=C/c1ccc([N+](=O)[O-])cc1)NCC(O)(c1ccc2c(c1)OCO2)C(F)(F)F. The van der Waals surface area contributed by atoms with Crippen molar-refractivity contribution in [2.45, 2.75) is 11.8 Å². The van der Waals surface area contributed by atoms with E-state index in [0.29, 0.717) is 5.56 Å². The van der Waals surface area contributed by atoms with Crippen LogP contribution in [0.25, 0.3) is 6.08 Å². The molecule has 30 heavy (non-hydrogen) atoms. The minimum atomic E-state index is -5.09. The Bertz CT molecular complexity index is 991. The number of fused-ring (bicyclic) bond motifs is 1. The number of carbonyl (C=O) groups excluding carboxylic acids is 1. The molecule has 1 amide bonds. The number of aliphatic hydroxyl groups is 1. The summed E-state index contributed by atoms with van der Waals surface area (Å²) in [7, 11) is 0. The number of ether oxygens (including phenoxy) is 2. The van der Waals surface area contributed by atoms with E-state index in [1.807, 2.05) is 5.32 Å². The molecule has 0 bridgehead atoms. The molecule has 0 saturated heterocycles. The maximum atomic E-state index is 13.6. The molecule has 3 rings (SSSR count). The number of benzene rings is 2. The van der Waals surface area contributed by atoms with Crippen molar-refractivity contribution < 1.29 is 37.5 Å². The van der Waals surface area contributed by atoms with Crippen LogP contribution >= 0.6 is 0 Å². The molecule has 1 aliphatic rings. The van der Waals surface area contributed by atoms with Gasteiger partial charge in [0, 0.05) is 18.2 Å². The number of hydrogen-bond donors (Lipinski definition) is 2. The fraction of sp³-hybridized carbons (Fsp3) is 0.211. The fourth-order valence-corrected chi connectivity index (χ4v) is 2.67. The van der Waals surface area contributed by atoms with Crippen LogP contribution in [0.5, 0.6) is 11.5 Å². The van der Waals surface area contributed by atoms with Gasteiger partial charge in [-0.05, 0) is 41.5 Å². The molecule has 2 aromatic carbocycles. The number of non-ortho nitro benzene ring substituents is 1. The number of nitrogens with one attached hydrogen (secondary N) is 1. The Morgan fingerprint density at radius 1 is 1.17 bits per heavy atom. The number of halogens is 3. The number of nitrogens with zero attached hydrogens (tertiary/aromatic N) is 1. The second-order valence-corrected chi connectivity index (χ2v) is 6.33. The Hall–Kier alpha value is -3.60. The van der Waals surface area contributed by atoms with Gasteiger partial charge in [-0.25, -0.2) is 0 Å². The third-order valence-corrected chi connectivity index (χ3v) is 4.37. The van der Waals surface area contributed by atoms with Gasteiger partial charge >= 0.3 is 6.18 Å². The molecule has 1 atom stereocenters. The standard InChI is InChI=1S/C19H15F3N2O6/c20-19(21,22)18(26,13-4-7-15-16(9-13)30-11-29-15)10-23-17(25)8-3-12-1-5-14(6-2-12)24(27)28/h1-9,26H,10-11H2,(H,23,25)/b8-3+. The average molecular weight is 424 g/mol. The van der Waals surface area contributed by atoms with Gasteiger partial charge in [-0.2, -0.15) is 13.2 Å². The van der Waals surface area contributed by atoms with Crippen LogP contribution in [0.1, 0.15) is 11.1 Å². The van der Waals surface area contributed by atoms with Crippen molar-refractivity contribution >= 4 is 17.7 Å². The van der Waals surface area contributed by atoms with E-state index in [4.69, 9.17) is 9.47 Å². The maximum Gasteiger partial charge on any atom is 0.423 e. The summed E-state index contributed by atoms with van der Waals surface area (Å²) >= 11 is 0. The lowest BCUT2D eigenvalue weighted by Gasteiger charge is -2.31. The minimum Gasteiger partial charge on any atom is -0.454 e. The third kappa shape index (κ3) is 4.35. The minimum absolute atomic E-state index is 0.0552. The lowest BCUT2D eigenvalue weighted by atomic mass is 9.92. The number of amides is 1. The first kappa shape index (κ1) is 21.1. The molecule has 0 aliphatic carbocycles. The van der Waals surface area contributed by atoms with Gasteiger partial charge in [-0.15, -0.1) is 0 Å². The summed E-state index contributed by atoms with van der Waals surface area (Å²) in [6.45, 7) is -1.28. The molecule has 0 fully saturated rings. The summed E-state index contributed by atoms with van der Waals surface area (Å²) in [5.41, 5.74) is -3.59. The first-order chi connectivity index (χ1) is 14.1. The maximum absolute atomic E-state index is 13.6. The van der Waals surface area contributed by atoms with Gasteiger partial charge in [0.25, 0.3) is 5.69 Å². The van der Waals surface area contributed by atoms with Gasteiger partial charge < -0.3 is 19.9 Å². The molecule has 0 radical (unpaired) electrons. The van der Waals surface area contributed by atoms with Crippen molar-refractivity contribution in [2.24, 2.45) is 0 Å². The van der Waals surface area contributed by atoms with Gasteiger partial charge in [0.15, 0.2) is 11.5 Å². The average Bonchev–Trinajstić information content (AvgIpc) is 3.17. The lowest BCUT2D eigenvalue weighted by Crippen LogP contribution is -2.50. The quantitative estimate of drug-likeness (QED) is 0.419. The molecular weight excluding hydrogens is 409 g/mol. The van der Waals surface area contributed by atoms with Gasteiger partial charge in [0.1, 0.15) is 0 Å². The van der Waals surface area contributed by atoms with Crippen molar-refractivity contribution in [3.05, 3.63) is 69.8 Å². The van der Waals surface area contributed by atoms with E-state index in [9.17, 15) is 33.2 Å². The van der Waals surface area contributed by atoms with Crippen molar-refractivity contribution in [1.29, 1.82) is 0 Å². The number of carbonyl (C=O) groups is 1. The zero-order chi connectivity index (χ0) is 21.9. The van der Waals surface area contributed by atoms with Gasteiger partial charge in [-0.3, -0.25) is 14.9 Å². The van der Waals surface area contributed by atoms with Crippen molar-refractivity contribution in [3.63, 3.8) is 0 Å². The summed E-state index contributed by atoms with van der Waals surface area (Å²) in [6.07, 6.45) is -2.86. The van der Waals surface area contributed by atoms with E-state index < -0.39 is 34.7 Å². The summed E-state index contributed by atoms with van der Waals surface area (Å²) in [5.74, 6) is -0.588. The van der Waals surface area contributed by atoms with Gasteiger partial charge in [-0.1, -0.05) is 6.07 Å². The van der Waals surface area contributed by atoms with E-state index in [1.54, 1.807) is 0 Å². The van der Waals surface area contributed by atoms with Crippen molar-refractivity contribution in [2.75, 3.05) is 13.3 Å². The summed E-state index contributed by atoms with van der Waals surface area (Å²) in [4.78, 5) is 22.0. The highest BCUT2D eigenvalue weighted by atomic mass is 19.4. The lowest BCUT2D eigenvalue weighted by molar-refractivity contribution is -0.384. The molecule has 1 heterocycles. The molecule has 1 aliphatic heterocycles. The molecule has 2 N–H and O–H groups in total. The van der Waals surface area contributed by atoms with Crippen LogP contribution in [0.2, 0.25) is 0 Å². The van der Waals surface area contributed by atoms with Crippen LogP contribution in [-0.4, -0.2) is 35.5 Å². The van der Waals surface area contributed by atoms with Gasteiger partial charge in [0.05, 0.1) is 11.5 Å². The molecule has 0 spiro atoms. The number of nitro benzene ring substituents is 1. The summed E-state index contributed by atoms with van der Waals surface area (Å²) < 4.78 is 50.9. The zero-order valence-electron chi connectivity index (χ0n) is 15.2. The first-order valence-corrected chi connectivity index (χ1v) is 8.50. The molecule has 2 aromatic rings. The van der Waals surface area contributed by atoms with Crippen molar-refractivity contribution in [1.82, 2.24) is 5.32 Å². The fourth-order valence-electron chi connectivity index (χ4n) is 2.67. The van der Waals surface area contributed by atoms with E-state index in [1.165, 1.54) is 36.4 Å². The van der Waals surface area contributed by atoms with E-state index in [0.717, 1.165) is 18.2 Å². The first-order valence-electron chi connectivity index (χ1n) is 8.50. The second kappa shape index (κ2) is 8.03. The van der Waals surface area contributed by atoms with Crippen LogP contribution in [0, 0.1) is 10.1 Å². The summed E-state index contributed by atoms with van der Waals surface area (Å²) in [6, 6.07) is 8.49.